The Kier molecular flexibility index (Phi) is 8.43. The Morgan fingerprint density at radius 2 is 1.36 bits per heavy atom. The van der Waals surface area contributed by atoms with Gasteiger partial charge in [-0.15, -0.1) is 21.8 Å². The summed E-state index contributed by atoms with van der Waals surface area (Å²) in [6.45, 7) is 1.12. The molecule has 1 aromatic heterocycles. The van der Waals surface area contributed by atoms with E-state index in [9.17, 15) is 9.59 Å². The van der Waals surface area contributed by atoms with E-state index in [2.05, 4.69) is 21.0 Å². The predicted molar refractivity (Wildman–Crippen MR) is 124 cm³/mol. The van der Waals surface area contributed by atoms with Crippen molar-refractivity contribution in [1.29, 1.82) is 0 Å². The van der Waals surface area contributed by atoms with Gasteiger partial charge in [0.25, 0.3) is 11.8 Å². The predicted octanol–water partition coefficient (Wildman–Crippen LogP) is 2.70. The molecule has 0 fully saturated rings. The minimum absolute atomic E-state index is 0.0578. The fraction of sp³-hybridized carbons (Fsp3) is 0.217. The molecular formula is C23H24ClN5O4. The first kappa shape index (κ1) is 23.8. The average Bonchev–Trinajstić information content (AvgIpc) is 2.87. The molecule has 0 aliphatic rings. The maximum Gasteiger partial charge on any atom is 0.290 e. The summed E-state index contributed by atoms with van der Waals surface area (Å²) >= 11 is 5.39. The van der Waals surface area contributed by atoms with E-state index in [4.69, 9.17) is 21.1 Å². The fourth-order valence-corrected chi connectivity index (χ4v) is 3.03. The minimum atomic E-state index is -0.593. The van der Waals surface area contributed by atoms with Gasteiger partial charge in [-0.25, -0.2) is 0 Å². The number of nitrogens with zero attached hydrogens (tertiary/aromatic N) is 3. The SMILES string of the molecule is COc1ccc(CN(Cc2ccc(OC)cc2)c2ccc(C(=O)NNC(=O)CCl)nn2)cc1. The Morgan fingerprint density at radius 1 is 0.818 bits per heavy atom. The second kappa shape index (κ2) is 11.7. The highest BCUT2D eigenvalue weighted by atomic mass is 35.5. The van der Waals surface area contributed by atoms with Crippen molar-refractivity contribution in [3.63, 3.8) is 0 Å². The molecule has 0 bridgehead atoms. The van der Waals surface area contributed by atoms with Crippen LogP contribution in [0.4, 0.5) is 5.82 Å². The Balaban J connectivity index is 1.79. The molecule has 3 rings (SSSR count). The van der Waals surface area contributed by atoms with Crippen molar-refractivity contribution >= 4 is 29.2 Å². The van der Waals surface area contributed by atoms with E-state index in [0.29, 0.717) is 18.9 Å². The van der Waals surface area contributed by atoms with Gasteiger partial charge in [0.05, 0.1) is 14.2 Å². The molecule has 2 amide bonds. The summed E-state index contributed by atoms with van der Waals surface area (Å²) in [5, 5.41) is 8.25. The van der Waals surface area contributed by atoms with Crippen LogP contribution in [0.3, 0.4) is 0 Å². The maximum absolute atomic E-state index is 12.1. The number of aromatic nitrogens is 2. The van der Waals surface area contributed by atoms with Gasteiger partial charge in [-0.2, -0.15) is 0 Å². The summed E-state index contributed by atoms with van der Waals surface area (Å²) in [5.74, 6) is 0.747. The standard InChI is InChI=1S/C23H24ClN5O4/c1-32-18-7-3-16(4-8-18)14-29(15-17-5-9-19(33-2)10-6-17)21-12-11-20(25-26-21)23(31)28-27-22(30)13-24/h3-12H,13-15H2,1-2H3,(H,27,30)(H,28,31). The number of hydrazine groups is 1. The molecule has 0 unspecified atom stereocenters. The average molecular weight is 470 g/mol. The molecular weight excluding hydrogens is 446 g/mol. The van der Waals surface area contributed by atoms with Crippen molar-refractivity contribution in [3.05, 3.63) is 77.5 Å². The van der Waals surface area contributed by atoms with Crippen LogP contribution in [0.2, 0.25) is 0 Å². The molecule has 0 aliphatic heterocycles. The van der Waals surface area contributed by atoms with Gasteiger partial charge in [0.2, 0.25) is 0 Å². The smallest absolute Gasteiger partial charge is 0.290 e. The Hall–Kier alpha value is -3.85. The maximum atomic E-state index is 12.1. The molecule has 0 radical (unpaired) electrons. The monoisotopic (exact) mass is 469 g/mol. The van der Waals surface area contributed by atoms with Crippen molar-refractivity contribution in [2.45, 2.75) is 13.1 Å². The highest BCUT2D eigenvalue weighted by molar-refractivity contribution is 6.27. The molecule has 10 heteroatoms. The summed E-state index contributed by atoms with van der Waals surface area (Å²) in [7, 11) is 3.25. The van der Waals surface area contributed by atoms with E-state index in [-0.39, 0.29) is 11.6 Å². The van der Waals surface area contributed by atoms with Gasteiger partial charge >= 0.3 is 0 Å². The largest absolute Gasteiger partial charge is 0.497 e. The first-order chi connectivity index (χ1) is 16.0. The zero-order valence-corrected chi connectivity index (χ0v) is 19.0. The second-order valence-corrected chi connectivity index (χ2v) is 7.23. The quantitative estimate of drug-likeness (QED) is 0.366. The number of anilines is 1. The molecule has 33 heavy (non-hydrogen) atoms. The van der Waals surface area contributed by atoms with E-state index in [1.54, 1.807) is 26.4 Å². The van der Waals surface area contributed by atoms with Gasteiger partial charge in [0.15, 0.2) is 11.5 Å². The van der Waals surface area contributed by atoms with E-state index < -0.39 is 11.8 Å². The Labute approximate surface area is 196 Å². The normalized spacial score (nSPS) is 10.3. The summed E-state index contributed by atoms with van der Waals surface area (Å²) in [5.41, 5.74) is 6.58. The third-order valence-electron chi connectivity index (χ3n) is 4.71. The van der Waals surface area contributed by atoms with E-state index in [1.807, 2.05) is 53.4 Å². The van der Waals surface area contributed by atoms with Crippen LogP contribution in [0.5, 0.6) is 11.5 Å². The number of alkyl halides is 1. The molecule has 0 atom stereocenters. The van der Waals surface area contributed by atoms with Gasteiger partial charge in [-0.05, 0) is 47.5 Å². The van der Waals surface area contributed by atoms with Gasteiger partial charge in [-0.3, -0.25) is 20.4 Å². The number of carbonyl (C=O) groups is 2. The summed E-state index contributed by atoms with van der Waals surface area (Å²) in [6.07, 6.45) is 0. The molecule has 0 saturated carbocycles. The van der Waals surface area contributed by atoms with Gasteiger partial charge < -0.3 is 14.4 Å². The van der Waals surface area contributed by atoms with Crippen molar-refractivity contribution in [3.8, 4) is 11.5 Å². The van der Waals surface area contributed by atoms with Crippen LogP contribution in [0.15, 0.2) is 60.7 Å². The number of carbonyl (C=O) groups excluding carboxylic acids is 2. The number of rotatable bonds is 9. The Morgan fingerprint density at radius 3 is 1.79 bits per heavy atom. The van der Waals surface area contributed by atoms with Crippen molar-refractivity contribution in [1.82, 2.24) is 21.0 Å². The number of benzene rings is 2. The number of amides is 2. The lowest BCUT2D eigenvalue weighted by atomic mass is 10.1. The third kappa shape index (κ3) is 6.81. The lowest BCUT2D eigenvalue weighted by Gasteiger charge is -2.24. The van der Waals surface area contributed by atoms with Crippen LogP contribution in [-0.2, 0) is 17.9 Å². The van der Waals surface area contributed by atoms with Crippen LogP contribution in [0.1, 0.15) is 21.6 Å². The number of methoxy groups -OCH3 is 2. The molecule has 3 aromatic rings. The number of halogens is 1. The number of hydrogen-bond donors (Lipinski definition) is 2. The van der Waals surface area contributed by atoms with Gasteiger partial charge in [0, 0.05) is 13.1 Å². The van der Waals surface area contributed by atoms with Crippen LogP contribution < -0.4 is 25.2 Å². The van der Waals surface area contributed by atoms with Gasteiger partial charge in [0.1, 0.15) is 17.4 Å². The molecule has 0 aliphatic carbocycles. The lowest BCUT2D eigenvalue weighted by Crippen LogP contribution is -2.42. The zero-order chi connectivity index (χ0) is 23.6. The zero-order valence-electron chi connectivity index (χ0n) is 18.2. The first-order valence-corrected chi connectivity index (χ1v) is 10.6. The Bertz CT molecular complexity index is 1010. The topological polar surface area (TPSA) is 106 Å². The minimum Gasteiger partial charge on any atom is -0.497 e. The van der Waals surface area contributed by atoms with Crippen LogP contribution in [-0.4, -0.2) is 42.1 Å². The molecule has 0 spiro atoms. The van der Waals surface area contributed by atoms with E-state index >= 15 is 0 Å². The second-order valence-electron chi connectivity index (χ2n) is 6.96. The van der Waals surface area contributed by atoms with Crippen molar-refractivity contribution in [2.24, 2.45) is 0 Å². The van der Waals surface area contributed by atoms with Crippen LogP contribution >= 0.6 is 11.6 Å². The first-order valence-electron chi connectivity index (χ1n) is 10.0. The number of hydrogen-bond acceptors (Lipinski definition) is 7. The summed E-state index contributed by atoms with van der Waals surface area (Å²) < 4.78 is 10.5. The summed E-state index contributed by atoms with van der Waals surface area (Å²) in [4.78, 5) is 25.4. The van der Waals surface area contributed by atoms with Crippen LogP contribution in [0, 0.1) is 0 Å². The highest BCUT2D eigenvalue weighted by Crippen LogP contribution is 2.21. The van der Waals surface area contributed by atoms with Crippen LogP contribution in [0.25, 0.3) is 0 Å². The number of nitrogens with one attached hydrogen (secondary N) is 2. The third-order valence-corrected chi connectivity index (χ3v) is 4.95. The highest BCUT2D eigenvalue weighted by Gasteiger charge is 2.14. The number of ether oxygens (including phenoxy) is 2. The summed E-state index contributed by atoms with van der Waals surface area (Å²) in [6, 6.07) is 18.8. The van der Waals surface area contributed by atoms with Crippen molar-refractivity contribution < 1.29 is 19.1 Å². The molecule has 172 valence electrons. The van der Waals surface area contributed by atoms with Gasteiger partial charge in [-0.1, -0.05) is 24.3 Å². The molecule has 1 heterocycles. The lowest BCUT2D eigenvalue weighted by molar-refractivity contribution is -0.119. The van der Waals surface area contributed by atoms with Crippen molar-refractivity contribution in [2.75, 3.05) is 25.0 Å². The molecule has 9 nitrogen and oxygen atoms in total. The fourth-order valence-electron chi connectivity index (χ4n) is 2.96. The van der Waals surface area contributed by atoms with E-state index in [0.717, 1.165) is 22.6 Å². The molecule has 0 saturated heterocycles. The molecule has 2 aromatic carbocycles. The molecule has 2 N–H and O–H groups in total. The van der Waals surface area contributed by atoms with E-state index in [1.165, 1.54) is 0 Å².